The first-order valence-corrected chi connectivity index (χ1v) is 15.8. The molecule has 2 aliphatic carbocycles. The number of hydrogen-bond donors (Lipinski definition) is 2. The Morgan fingerprint density at radius 1 is 0.915 bits per heavy atom. The lowest BCUT2D eigenvalue weighted by Gasteiger charge is -2.49. The Hall–Kier alpha value is -5.25. The summed E-state index contributed by atoms with van der Waals surface area (Å²) in [5.74, 6) is -6.13. The second-order valence-electron chi connectivity index (χ2n) is 13.0. The molecule has 10 nitrogen and oxygen atoms in total. The largest absolute Gasteiger partial charge is 0.508 e. The highest BCUT2D eigenvalue weighted by Crippen LogP contribution is 2.64. The number of likely N-dealkylation sites (tertiary alicyclic amines) is 1. The third-order valence-corrected chi connectivity index (χ3v) is 10.5. The van der Waals surface area contributed by atoms with Crippen molar-refractivity contribution in [2.24, 2.45) is 29.1 Å². The summed E-state index contributed by atoms with van der Waals surface area (Å²) < 4.78 is 5.95. The molecule has 1 saturated carbocycles. The smallest absolute Gasteiger partial charge is 0.305 e. The Balaban J connectivity index is 1.30. The van der Waals surface area contributed by atoms with Crippen molar-refractivity contribution in [2.45, 2.75) is 38.7 Å². The zero-order valence-corrected chi connectivity index (χ0v) is 25.7. The van der Waals surface area contributed by atoms with Crippen LogP contribution in [0.3, 0.4) is 0 Å². The number of aromatic hydroxyl groups is 1. The van der Waals surface area contributed by atoms with Gasteiger partial charge in [0.25, 0.3) is 0 Å². The highest BCUT2D eigenvalue weighted by atomic mass is 16.5. The van der Waals surface area contributed by atoms with Gasteiger partial charge in [0.2, 0.25) is 23.6 Å². The summed E-state index contributed by atoms with van der Waals surface area (Å²) in [4.78, 5) is 69.5. The van der Waals surface area contributed by atoms with Crippen molar-refractivity contribution in [1.82, 2.24) is 4.90 Å². The van der Waals surface area contributed by atoms with Crippen molar-refractivity contribution in [3.8, 4) is 11.5 Å². The van der Waals surface area contributed by atoms with E-state index < -0.39 is 64.6 Å². The minimum Gasteiger partial charge on any atom is -0.508 e. The average Bonchev–Trinajstić information content (AvgIpc) is 3.43. The van der Waals surface area contributed by atoms with E-state index in [-0.39, 0.29) is 38.2 Å². The summed E-state index contributed by atoms with van der Waals surface area (Å²) in [6, 6.07) is 23.2. The van der Waals surface area contributed by atoms with Gasteiger partial charge in [-0.05, 0) is 49.4 Å². The van der Waals surface area contributed by atoms with Gasteiger partial charge in [-0.2, -0.15) is 0 Å². The van der Waals surface area contributed by atoms with E-state index in [0.29, 0.717) is 17.0 Å². The van der Waals surface area contributed by atoms with Crippen LogP contribution in [0.2, 0.25) is 0 Å². The van der Waals surface area contributed by atoms with Crippen LogP contribution in [0, 0.1) is 29.1 Å². The third-order valence-electron chi connectivity index (χ3n) is 10.5. The molecule has 4 amide bonds. The molecule has 0 aromatic heterocycles. The number of fused-ring (bicyclic) bond motifs is 4. The molecule has 10 heteroatoms. The van der Waals surface area contributed by atoms with Crippen LogP contribution in [0.25, 0.3) is 0 Å². The minimum atomic E-state index is -1.30. The van der Waals surface area contributed by atoms with E-state index in [2.05, 4.69) is 0 Å². The van der Waals surface area contributed by atoms with Gasteiger partial charge in [0.15, 0.2) is 0 Å². The molecule has 0 bridgehead atoms. The Bertz CT molecular complexity index is 1820. The molecule has 2 saturated heterocycles. The van der Waals surface area contributed by atoms with Crippen molar-refractivity contribution in [3.63, 3.8) is 0 Å². The highest BCUT2D eigenvalue weighted by molar-refractivity contribution is 6.24. The predicted molar refractivity (Wildman–Crippen MR) is 169 cm³/mol. The Morgan fingerprint density at radius 2 is 1.62 bits per heavy atom. The van der Waals surface area contributed by atoms with E-state index in [4.69, 9.17) is 4.74 Å². The van der Waals surface area contributed by atoms with Crippen molar-refractivity contribution in [2.75, 3.05) is 11.4 Å². The van der Waals surface area contributed by atoms with Crippen LogP contribution < -0.4 is 9.64 Å². The zero-order valence-electron chi connectivity index (χ0n) is 25.7. The molecule has 0 radical (unpaired) electrons. The molecule has 2 N–H and O–H groups in total. The number of anilines is 1. The summed E-state index contributed by atoms with van der Waals surface area (Å²) >= 11 is 0. The van der Waals surface area contributed by atoms with E-state index in [9.17, 15) is 34.2 Å². The maximum atomic E-state index is 14.5. The first-order valence-electron chi connectivity index (χ1n) is 15.8. The van der Waals surface area contributed by atoms with Crippen LogP contribution in [-0.4, -0.2) is 51.3 Å². The summed E-state index contributed by atoms with van der Waals surface area (Å²) in [6.07, 6.45) is 1.92. The summed E-state index contributed by atoms with van der Waals surface area (Å²) in [6.45, 7) is 1.82. The van der Waals surface area contributed by atoms with Gasteiger partial charge in [-0.1, -0.05) is 66.2 Å². The monoisotopic (exact) mass is 634 g/mol. The number of amides is 4. The first kappa shape index (κ1) is 30.4. The lowest BCUT2D eigenvalue weighted by molar-refractivity contribution is -0.142. The van der Waals surface area contributed by atoms with E-state index in [1.807, 2.05) is 36.4 Å². The second kappa shape index (κ2) is 11.5. The Labute approximate surface area is 271 Å². The second-order valence-corrected chi connectivity index (χ2v) is 13.0. The zero-order chi connectivity index (χ0) is 33.0. The van der Waals surface area contributed by atoms with E-state index in [1.165, 1.54) is 11.0 Å². The van der Waals surface area contributed by atoms with Crippen LogP contribution >= 0.6 is 0 Å². The number of allylic oxidation sites excluding steroid dienone is 2. The number of carboxylic acids is 1. The fourth-order valence-corrected chi connectivity index (χ4v) is 8.27. The fraction of sp³-hybridized carbons (Fsp3) is 0.324. The molecular formula is C37H34N2O8. The molecule has 3 aromatic carbocycles. The number of carboxylic acid groups (broad SMARTS) is 1. The van der Waals surface area contributed by atoms with E-state index >= 15 is 0 Å². The van der Waals surface area contributed by atoms with Gasteiger partial charge in [0.1, 0.15) is 18.1 Å². The fourth-order valence-electron chi connectivity index (χ4n) is 8.27. The quantitative estimate of drug-likeness (QED) is 0.269. The van der Waals surface area contributed by atoms with E-state index in [1.54, 1.807) is 49.4 Å². The Kier molecular flexibility index (Phi) is 7.45. The molecule has 7 rings (SSSR count). The number of para-hydroxylation sites is 1. The molecule has 3 aromatic rings. The van der Waals surface area contributed by atoms with Crippen LogP contribution in [0.4, 0.5) is 5.69 Å². The molecule has 2 aliphatic heterocycles. The molecule has 6 atom stereocenters. The number of benzene rings is 3. The van der Waals surface area contributed by atoms with Crippen molar-refractivity contribution >= 4 is 35.3 Å². The lowest BCUT2D eigenvalue weighted by atomic mass is 9.51. The summed E-state index contributed by atoms with van der Waals surface area (Å²) in [5.41, 5.74) is 1.24. The average molecular weight is 635 g/mol. The van der Waals surface area contributed by atoms with Crippen LogP contribution in [-0.2, 0) is 30.6 Å². The summed E-state index contributed by atoms with van der Waals surface area (Å²) in [7, 11) is 0. The lowest BCUT2D eigenvalue weighted by Crippen LogP contribution is -2.48. The number of phenols is 1. The van der Waals surface area contributed by atoms with Gasteiger partial charge < -0.3 is 14.9 Å². The third kappa shape index (κ3) is 4.81. The van der Waals surface area contributed by atoms with Crippen molar-refractivity contribution in [3.05, 3.63) is 102 Å². The van der Waals surface area contributed by atoms with Crippen LogP contribution in [0.15, 0.2) is 90.5 Å². The Morgan fingerprint density at radius 3 is 2.30 bits per heavy atom. The molecule has 3 fully saturated rings. The number of imide groups is 2. The number of rotatable bonds is 8. The molecule has 240 valence electrons. The molecule has 0 unspecified atom stereocenters. The molecule has 47 heavy (non-hydrogen) atoms. The van der Waals surface area contributed by atoms with Gasteiger partial charge >= 0.3 is 5.97 Å². The minimum absolute atomic E-state index is 0.112. The first-order chi connectivity index (χ1) is 22.6. The standard InChI is InChI=1S/C37H34N2O8/c1-37-28(34(44)39(36(37)46)22-10-6-3-7-11-22)19-27-24(14-15-26-31(27)35(45)38(33(26)43)17-16-30(41)42)32(37)25-13-12-23(18-29(25)40)47-20-21-8-4-2-5-9-21/h2-14,18,26-28,31-32,40H,15-17,19-20H2,1H3,(H,41,42)/t26-,27+,28-,31-,32+,37+/m0/s1. The van der Waals surface area contributed by atoms with Gasteiger partial charge in [0.05, 0.1) is 35.3 Å². The highest BCUT2D eigenvalue weighted by Gasteiger charge is 2.67. The number of phenolic OH excluding ortho intramolecular Hbond substituents is 1. The van der Waals surface area contributed by atoms with Gasteiger partial charge in [-0.3, -0.25) is 28.9 Å². The molecule has 2 heterocycles. The number of aliphatic carboxylic acids is 1. The van der Waals surface area contributed by atoms with Crippen molar-refractivity contribution in [1.29, 1.82) is 0 Å². The molecule has 0 spiro atoms. The maximum Gasteiger partial charge on any atom is 0.305 e. The molecule has 4 aliphatic rings. The number of hydrogen-bond acceptors (Lipinski definition) is 7. The topological polar surface area (TPSA) is 142 Å². The number of carbonyl (C=O) groups is 5. The van der Waals surface area contributed by atoms with Gasteiger partial charge in [0, 0.05) is 24.1 Å². The molecular weight excluding hydrogens is 600 g/mol. The summed E-state index contributed by atoms with van der Waals surface area (Å²) in [5, 5.41) is 20.8. The van der Waals surface area contributed by atoms with E-state index in [0.717, 1.165) is 16.0 Å². The maximum absolute atomic E-state index is 14.5. The SMILES string of the molecule is C[C@@]12C(=O)N(c3ccccc3)C(=O)[C@@H]1C[C@@H]1C(=CC[C@@H]3C(=O)N(CCC(=O)O)C(=O)[C@@H]31)[C@@H]2c1ccc(OCc2ccccc2)cc1O. The van der Waals surface area contributed by atoms with Crippen LogP contribution in [0.5, 0.6) is 11.5 Å². The van der Waals surface area contributed by atoms with Gasteiger partial charge in [-0.25, -0.2) is 4.90 Å². The number of nitrogens with zero attached hydrogens (tertiary/aromatic N) is 2. The normalized spacial score (nSPS) is 28.1. The van der Waals surface area contributed by atoms with Crippen molar-refractivity contribution < 1.29 is 38.9 Å². The number of carbonyl (C=O) groups excluding carboxylic acids is 4. The number of ether oxygens (including phenoxy) is 1. The van der Waals surface area contributed by atoms with Gasteiger partial charge in [-0.15, -0.1) is 0 Å². The van der Waals surface area contributed by atoms with Crippen LogP contribution in [0.1, 0.15) is 43.2 Å². The predicted octanol–water partition coefficient (Wildman–Crippen LogP) is 4.68.